The van der Waals surface area contributed by atoms with Gasteiger partial charge in [0.1, 0.15) is 12.4 Å². The molecular formula is C14H20N4O. The summed E-state index contributed by atoms with van der Waals surface area (Å²) < 4.78 is 7.77. The van der Waals surface area contributed by atoms with Crippen LogP contribution in [0.25, 0.3) is 5.69 Å². The third-order valence-electron chi connectivity index (χ3n) is 2.77. The molecule has 19 heavy (non-hydrogen) atoms. The van der Waals surface area contributed by atoms with Gasteiger partial charge in [-0.1, -0.05) is 0 Å². The van der Waals surface area contributed by atoms with Crippen LogP contribution in [0.1, 0.15) is 5.69 Å². The lowest BCUT2D eigenvalue weighted by Gasteiger charge is -2.15. The lowest BCUT2D eigenvalue weighted by Crippen LogP contribution is -2.19. The Bertz CT molecular complexity index is 548. The Morgan fingerprint density at radius 1 is 1.37 bits per heavy atom. The van der Waals surface area contributed by atoms with Crippen molar-refractivity contribution in [1.82, 2.24) is 14.5 Å². The molecule has 0 aliphatic rings. The van der Waals surface area contributed by atoms with E-state index in [1.165, 1.54) is 0 Å². The van der Waals surface area contributed by atoms with E-state index in [1.807, 2.05) is 50.0 Å². The van der Waals surface area contributed by atoms with Crippen molar-refractivity contribution < 1.29 is 4.74 Å². The number of anilines is 1. The van der Waals surface area contributed by atoms with Crippen molar-refractivity contribution >= 4 is 5.69 Å². The number of benzene rings is 1. The molecule has 0 bridgehead atoms. The average molecular weight is 260 g/mol. The molecule has 0 saturated heterocycles. The molecule has 2 rings (SSSR count). The van der Waals surface area contributed by atoms with Crippen LogP contribution in [0.5, 0.6) is 5.75 Å². The molecule has 1 heterocycles. The quantitative estimate of drug-likeness (QED) is 0.831. The second-order valence-electron chi connectivity index (χ2n) is 4.80. The summed E-state index contributed by atoms with van der Waals surface area (Å²) in [5.41, 5.74) is 8.44. The van der Waals surface area contributed by atoms with Gasteiger partial charge in [0.05, 0.1) is 17.7 Å². The van der Waals surface area contributed by atoms with Crippen molar-refractivity contribution in [3.63, 3.8) is 0 Å². The molecule has 2 aromatic rings. The first-order chi connectivity index (χ1) is 9.06. The molecule has 0 radical (unpaired) electrons. The van der Waals surface area contributed by atoms with E-state index in [2.05, 4.69) is 9.88 Å². The first-order valence-corrected chi connectivity index (χ1v) is 6.24. The number of nitrogens with two attached hydrogens (primary N) is 1. The van der Waals surface area contributed by atoms with Crippen LogP contribution < -0.4 is 10.5 Å². The standard InChI is InChI=1S/C14H20N4O/c1-11-9-18(10-16-11)13-5-4-12(15)8-14(13)19-7-6-17(2)3/h4-5,8-10H,6-7,15H2,1-3H3. The number of nitrogen functional groups attached to an aromatic ring is 1. The minimum atomic E-state index is 0.622. The molecule has 0 aliphatic carbocycles. The maximum Gasteiger partial charge on any atom is 0.145 e. The molecule has 102 valence electrons. The van der Waals surface area contributed by atoms with Crippen molar-refractivity contribution in [3.8, 4) is 11.4 Å². The Labute approximate surface area is 113 Å². The Kier molecular flexibility index (Phi) is 4.06. The fraction of sp³-hybridized carbons (Fsp3) is 0.357. The predicted molar refractivity (Wildman–Crippen MR) is 76.8 cm³/mol. The van der Waals surface area contributed by atoms with Gasteiger partial charge in [-0.05, 0) is 33.2 Å². The molecule has 0 atom stereocenters. The van der Waals surface area contributed by atoms with Gasteiger partial charge in [0.15, 0.2) is 0 Å². The van der Waals surface area contributed by atoms with Gasteiger partial charge < -0.3 is 19.9 Å². The number of hydrogen-bond donors (Lipinski definition) is 1. The predicted octanol–water partition coefficient (Wildman–Crippen LogP) is 1.70. The average Bonchev–Trinajstić information content (AvgIpc) is 2.75. The topological polar surface area (TPSA) is 56.3 Å². The van der Waals surface area contributed by atoms with Crippen LogP contribution in [-0.4, -0.2) is 41.7 Å². The van der Waals surface area contributed by atoms with Crippen molar-refractivity contribution in [2.45, 2.75) is 6.92 Å². The highest BCUT2D eigenvalue weighted by molar-refractivity contribution is 5.55. The van der Waals surface area contributed by atoms with E-state index >= 15 is 0 Å². The molecule has 5 heteroatoms. The minimum Gasteiger partial charge on any atom is -0.490 e. The number of nitrogens with zero attached hydrogens (tertiary/aromatic N) is 3. The third-order valence-corrected chi connectivity index (χ3v) is 2.77. The fourth-order valence-corrected chi connectivity index (χ4v) is 1.75. The van der Waals surface area contributed by atoms with Gasteiger partial charge in [0.2, 0.25) is 0 Å². The van der Waals surface area contributed by atoms with Crippen molar-refractivity contribution in [3.05, 3.63) is 36.4 Å². The summed E-state index contributed by atoms with van der Waals surface area (Å²) in [7, 11) is 4.03. The molecule has 1 aromatic heterocycles. The number of aryl methyl sites for hydroxylation is 1. The Morgan fingerprint density at radius 3 is 2.79 bits per heavy atom. The van der Waals surface area contributed by atoms with E-state index in [9.17, 15) is 0 Å². The number of rotatable bonds is 5. The molecule has 2 N–H and O–H groups in total. The highest BCUT2D eigenvalue weighted by Crippen LogP contribution is 2.25. The molecule has 0 unspecified atom stereocenters. The van der Waals surface area contributed by atoms with Crippen LogP contribution in [0.4, 0.5) is 5.69 Å². The molecule has 5 nitrogen and oxygen atoms in total. The number of likely N-dealkylation sites (N-methyl/N-ethyl adjacent to an activating group) is 1. The van der Waals surface area contributed by atoms with Crippen LogP contribution in [0.3, 0.4) is 0 Å². The third kappa shape index (κ3) is 3.48. The number of imidazole rings is 1. The number of aromatic nitrogens is 2. The zero-order valence-corrected chi connectivity index (χ0v) is 11.6. The van der Waals surface area contributed by atoms with Gasteiger partial charge in [0, 0.05) is 24.5 Å². The summed E-state index contributed by atoms with van der Waals surface area (Å²) in [5.74, 6) is 0.777. The molecular weight excluding hydrogens is 240 g/mol. The lowest BCUT2D eigenvalue weighted by molar-refractivity contribution is 0.261. The molecule has 0 aliphatic heterocycles. The molecule has 0 saturated carbocycles. The second-order valence-corrected chi connectivity index (χ2v) is 4.80. The SMILES string of the molecule is Cc1cn(-c2ccc(N)cc2OCCN(C)C)cn1. The van der Waals surface area contributed by atoms with Gasteiger partial charge >= 0.3 is 0 Å². The highest BCUT2D eigenvalue weighted by Gasteiger charge is 2.07. The van der Waals surface area contributed by atoms with E-state index in [1.54, 1.807) is 6.33 Å². The van der Waals surface area contributed by atoms with Crippen LogP contribution in [0.15, 0.2) is 30.7 Å². The minimum absolute atomic E-state index is 0.622. The maximum atomic E-state index is 5.83. The summed E-state index contributed by atoms with van der Waals surface area (Å²) in [6.07, 6.45) is 3.74. The summed E-state index contributed by atoms with van der Waals surface area (Å²) in [5, 5.41) is 0. The number of hydrogen-bond acceptors (Lipinski definition) is 4. The van der Waals surface area contributed by atoms with Crippen LogP contribution in [-0.2, 0) is 0 Å². The van der Waals surface area contributed by atoms with Crippen molar-refractivity contribution in [2.75, 3.05) is 33.0 Å². The van der Waals surface area contributed by atoms with Crippen LogP contribution in [0.2, 0.25) is 0 Å². The van der Waals surface area contributed by atoms with E-state index in [-0.39, 0.29) is 0 Å². The van der Waals surface area contributed by atoms with Gasteiger partial charge in [-0.2, -0.15) is 0 Å². The largest absolute Gasteiger partial charge is 0.490 e. The molecule has 1 aromatic carbocycles. The first kappa shape index (κ1) is 13.4. The van der Waals surface area contributed by atoms with Gasteiger partial charge in [0.25, 0.3) is 0 Å². The second kappa shape index (κ2) is 5.75. The highest BCUT2D eigenvalue weighted by atomic mass is 16.5. The Balaban J connectivity index is 2.23. The van der Waals surface area contributed by atoms with Crippen molar-refractivity contribution in [1.29, 1.82) is 0 Å². The zero-order chi connectivity index (χ0) is 13.8. The number of ether oxygens (including phenoxy) is 1. The molecule has 0 amide bonds. The van der Waals surface area contributed by atoms with Gasteiger partial charge in [-0.15, -0.1) is 0 Å². The normalized spacial score (nSPS) is 10.9. The maximum absolute atomic E-state index is 5.83. The van der Waals surface area contributed by atoms with E-state index in [4.69, 9.17) is 10.5 Å². The monoisotopic (exact) mass is 260 g/mol. The molecule has 0 spiro atoms. The summed E-state index contributed by atoms with van der Waals surface area (Å²) in [6, 6.07) is 5.66. The summed E-state index contributed by atoms with van der Waals surface area (Å²) in [6.45, 7) is 3.44. The van der Waals surface area contributed by atoms with E-state index in [0.29, 0.717) is 12.3 Å². The fourth-order valence-electron chi connectivity index (χ4n) is 1.75. The van der Waals surface area contributed by atoms with E-state index < -0.39 is 0 Å². The zero-order valence-electron chi connectivity index (χ0n) is 11.6. The first-order valence-electron chi connectivity index (χ1n) is 6.24. The smallest absolute Gasteiger partial charge is 0.145 e. The van der Waals surface area contributed by atoms with Crippen LogP contribution >= 0.6 is 0 Å². The van der Waals surface area contributed by atoms with Crippen molar-refractivity contribution in [2.24, 2.45) is 0 Å². The Hall–Kier alpha value is -2.01. The van der Waals surface area contributed by atoms with Gasteiger partial charge in [-0.3, -0.25) is 0 Å². The summed E-state index contributed by atoms with van der Waals surface area (Å²) in [4.78, 5) is 6.31. The van der Waals surface area contributed by atoms with E-state index in [0.717, 1.165) is 23.7 Å². The Morgan fingerprint density at radius 2 is 2.16 bits per heavy atom. The molecule has 0 fully saturated rings. The van der Waals surface area contributed by atoms with Crippen LogP contribution in [0, 0.1) is 6.92 Å². The summed E-state index contributed by atoms with van der Waals surface area (Å²) >= 11 is 0. The van der Waals surface area contributed by atoms with Gasteiger partial charge in [-0.25, -0.2) is 4.98 Å². The lowest BCUT2D eigenvalue weighted by atomic mass is 10.2.